The Kier molecular flexibility index (Phi) is 4.51. The molecule has 2 aromatic carbocycles. The molecule has 0 radical (unpaired) electrons. The zero-order chi connectivity index (χ0) is 19.9. The maximum Gasteiger partial charge on any atom is 0.303 e. The Morgan fingerprint density at radius 1 is 0.929 bits per heavy atom. The number of carbonyl (C=O) groups is 2. The summed E-state index contributed by atoms with van der Waals surface area (Å²) in [6.07, 6.45) is 0.336. The molecule has 0 saturated carbocycles. The van der Waals surface area contributed by atoms with Crippen molar-refractivity contribution < 1.29 is 19.8 Å². The van der Waals surface area contributed by atoms with E-state index in [1.54, 1.807) is 18.2 Å². The highest BCUT2D eigenvalue weighted by atomic mass is 35.5. The second kappa shape index (κ2) is 6.87. The largest absolute Gasteiger partial charge is 0.481 e. The van der Waals surface area contributed by atoms with E-state index in [9.17, 15) is 19.8 Å². The normalized spacial score (nSPS) is 13.9. The first-order valence-electron chi connectivity index (χ1n) is 8.92. The molecule has 28 heavy (non-hydrogen) atoms. The molecule has 142 valence electrons. The number of nitrogens with zero attached hydrogens (tertiary/aromatic N) is 2. The Morgan fingerprint density at radius 2 is 1.61 bits per heavy atom. The Hall–Kier alpha value is -2.99. The molecular formula is C21H17ClN2O4. The minimum absolute atomic E-state index is 0.0896. The fourth-order valence-corrected chi connectivity index (χ4v) is 4.22. The molecule has 0 spiro atoms. The molecular weight excluding hydrogens is 380 g/mol. The standard InChI is InChI=1S/C21H17ClN2O4/c22-12-5-6-15-16(11-12)23-19-13-3-1-2-4-14(13)21(20(19)24-15,9-7-17(25)26)10-8-18(27)28/h1-6,11H,7-10H2,(H,25,26)(H,27,28). The first-order valence-corrected chi connectivity index (χ1v) is 9.30. The van der Waals surface area contributed by atoms with Gasteiger partial charge in [-0.3, -0.25) is 9.59 Å². The van der Waals surface area contributed by atoms with Crippen molar-refractivity contribution in [2.75, 3.05) is 0 Å². The molecule has 6 nitrogen and oxygen atoms in total. The molecule has 3 aromatic rings. The topological polar surface area (TPSA) is 100 Å². The first-order chi connectivity index (χ1) is 13.4. The van der Waals surface area contributed by atoms with Crippen LogP contribution in [0.5, 0.6) is 0 Å². The van der Waals surface area contributed by atoms with Gasteiger partial charge in [-0.2, -0.15) is 0 Å². The van der Waals surface area contributed by atoms with E-state index in [1.165, 1.54) is 0 Å². The van der Waals surface area contributed by atoms with Crippen molar-refractivity contribution in [3.8, 4) is 11.3 Å². The van der Waals surface area contributed by atoms with Gasteiger partial charge in [-0.15, -0.1) is 0 Å². The third kappa shape index (κ3) is 2.99. The number of halogens is 1. The van der Waals surface area contributed by atoms with Gasteiger partial charge in [0.2, 0.25) is 0 Å². The smallest absolute Gasteiger partial charge is 0.303 e. The minimum Gasteiger partial charge on any atom is -0.481 e. The number of hydrogen-bond donors (Lipinski definition) is 2. The molecule has 2 N–H and O–H groups in total. The summed E-state index contributed by atoms with van der Waals surface area (Å²) in [7, 11) is 0. The second-order valence-corrected chi connectivity index (χ2v) is 7.41. The van der Waals surface area contributed by atoms with E-state index in [-0.39, 0.29) is 25.7 Å². The number of carboxylic acid groups (broad SMARTS) is 2. The second-order valence-electron chi connectivity index (χ2n) is 6.97. The summed E-state index contributed by atoms with van der Waals surface area (Å²) in [5, 5.41) is 19.1. The van der Waals surface area contributed by atoms with Crippen LogP contribution in [0.4, 0.5) is 0 Å². The maximum absolute atomic E-state index is 11.3. The highest BCUT2D eigenvalue weighted by Gasteiger charge is 2.45. The maximum atomic E-state index is 11.3. The molecule has 0 saturated heterocycles. The average Bonchev–Trinajstić information content (AvgIpc) is 2.93. The Bertz CT molecular complexity index is 1090. The van der Waals surface area contributed by atoms with Crippen LogP contribution in [-0.2, 0) is 15.0 Å². The molecule has 1 heterocycles. The van der Waals surface area contributed by atoms with Gasteiger partial charge in [-0.1, -0.05) is 35.9 Å². The van der Waals surface area contributed by atoms with Crippen molar-refractivity contribution in [2.45, 2.75) is 31.1 Å². The summed E-state index contributed by atoms with van der Waals surface area (Å²) < 4.78 is 0. The number of aliphatic carboxylic acids is 2. The number of hydrogen-bond acceptors (Lipinski definition) is 4. The lowest BCUT2D eigenvalue weighted by Gasteiger charge is -2.30. The van der Waals surface area contributed by atoms with Gasteiger partial charge in [0.25, 0.3) is 0 Å². The van der Waals surface area contributed by atoms with Crippen LogP contribution in [0.25, 0.3) is 22.3 Å². The zero-order valence-corrected chi connectivity index (χ0v) is 15.6. The van der Waals surface area contributed by atoms with Gasteiger partial charge in [-0.25, -0.2) is 9.97 Å². The molecule has 0 bridgehead atoms. The van der Waals surface area contributed by atoms with Crippen molar-refractivity contribution in [3.05, 3.63) is 58.7 Å². The summed E-state index contributed by atoms with van der Waals surface area (Å²) in [6.45, 7) is 0. The van der Waals surface area contributed by atoms with E-state index in [0.717, 1.165) is 11.1 Å². The molecule has 0 unspecified atom stereocenters. The van der Waals surface area contributed by atoms with E-state index in [1.807, 2.05) is 24.3 Å². The van der Waals surface area contributed by atoms with Crippen LogP contribution in [0.3, 0.4) is 0 Å². The van der Waals surface area contributed by atoms with Crippen LogP contribution < -0.4 is 0 Å². The molecule has 1 aliphatic rings. The Labute approximate surface area is 165 Å². The predicted molar refractivity (Wildman–Crippen MR) is 105 cm³/mol. The summed E-state index contributed by atoms with van der Waals surface area (Å²) >= 11 is 6.10. The van der Waals surface area contributed by atoms with Crippen molar-refractivity contribution in [3.63, 3.8) is 0 Å². The van der Waals surface area contributed by atoms with Gasteiger partial charge in [0.05, 0.1) is 22.4 Å². The molecule has 0 atom stereocenters. The van der Waals surface area contributed by atoms with Crippen molar-refractivity contribution in [2.24, 2.45) is 0 Å². The van der Waals surface area contributed by atoms with Gasteiger partial charge in [0, 0.05) is 28.8 Å². The molecule has 0 fully saturated rings. The fraction of sp³-hybridized carbons (Fsp3) is 0.238. The van der Waals surface area contributed by atoms with Gasteiger partial charge in [0.15, 0.2) is 0 Å². The predicted octanol–water partition coefficient (Wildman–Crippen LogP) is 4.28. The van der Waals surface area contributed by atoms with Crippen molar-refractivity contribution in [1.29, 1.82) is 0 Å². The molecule has 7 heteroatoms. The molecule has 1 aromatic heterocycles. The van der Waals surface area contributed by atoms with E-state index in [4.69, 9.17) is 21.6 Å². The summed E-state index contributed by atoms with van der Waals surface area (Å²) in [4.78, 5) is 32.3. The number of carboxylic acids is 2. The Balaban J connectivity index is 1.98. The summed E-state index contributed by atoms with van der Waals surface area (Å²) in [6, 6.07) is 12.8. The van der Waals surface area contributed by atoms with Crippen LogP contribution in [0, 0.1) is 0 Å². The number of aromatic nitrogens is 2. The lowest BCUT2D eigenvalue weighted by Crippen LogP contribution is -2.28. The summed E-state index contributed by atoms with van der Waals surface area (Å²) in [5.41, 5.74) is 3.55. The number of rotatable bonds is 6. The monoisotopic (exact) mass is 396 g/mol. The van der Waals surface area contributed by atoms with Crippen LogP contribution in [-0.4, -0.2) is 32.1 Å². The summed E-state index contributed by atoms with van der Waals surface area (Å²) in [5.74, 6) is -1.86. The molecule has 1 aliphatic carbocycles. The van der Waals surface area contributed by atoms with Crippen LogP contribution in [0.15, 0.2) is 42.5 Å². The van der Waals surface area contributed by atoms with Gasteiger partial charge in [-0.05, 0) is 36.6 Å². The number of benzene rings is 2. The Morgan fingerprint density at radius 3 is 2.29 bits per heavy atom. The van der Waals surface area contributed by atoms with E-state index in [2.05, 4.69) is 0 Å². The van der Waals surface area contributed by atoms with Crippen molar-refractivity contribution in [1.82, 2.24) is 9.97 Å². The highest BCUT2D eigenvalue weighted by Crippen LogP contribution is 2.52. The third-order valence-corrected chi connectivity index (χ3v) is 5.54. The van der Waals surface area contributed by atoms with Crippen LogP contribution in [0.2, 0.25) is 5.02 Å². The molecule has 4 rings (SSSR count). The van der Waals surface area contributed by atoms with E-state index in [0.29, 0.717) is 27.4 Å². The quantitative estimate of drug-likeness (QED) is 0.645. The molecule has 0 aliphatic heterocycles. The van der Waals surface area contributed by atoms with Crippen molar-refractivity contribution >= 4 is 34.6 Å². The van der Waals surface area contributed by atoms with E-state index < -0.39 is 17.4 Å². The minimum atomic E-state index is -0.929. The van der Waals surface area contributed by atoms with Crippen LogP contribution in [0.1, 0.15) is 36.9 Å². The number of fused-ring (bicyclic) bond motifs is 4. The van der Waals surface area contributed by atoms with E-state index >= 15 is 0 Å². The zero-order valence-electron chi connectivity index (χ0n) is 14.9. The first kappa shape index (κ1) is 18.4. The highest BCUT2D eigenvalue weighted by molar-refractivity contribution is 6.31. The lowest BCUT2D eigenvalue weighted by atomic mass is 9.73. The fourth-order valence-electron chi connectivity index (χ4n) is 4.06. The van der Waals surface area contributed by atoms with Gasteiger partial charge < -0.3 is 10.2 Å². The SMILES string of the molecule is O=C(O)CCC1(CCC(=O)O)c2ccccc2-c2nc3cc(Cl)ccc3nc21. The van der Waals surface area contributed by atoms with Gasteiger partial charge in [0.1, 0.15) is 0 Å². The average molecular weight is 397 g/mol. The molecule has 0 amide bonds. The lowest BCUT2D eigenvalue weighted by molar-refractivity contribution is -0.137. The van der Waals surface area contributed by atoms with Gasteiger partial charge >= 0.3 is 11.9 Å². The third-order valence-electron chi connectivity index (χ3n) is 5.31. The van der Waals surface area contributed by atoms with Crippen LogP contribution >= 0.6 is 11.6 Å².